The highest BCUT2D eigenvalue weighted by Crippen LogP contribution is 2.52. The molecule has 6 aromatic rings. The molecule has 0 spiro atoms. The second kappa shape index (κ2) is 8.56. The van der Waals surface area contributed by atoms with Crippen LogP contribution >= 0.6 is 0 Å². The number of rotatable bonds is 3. The van der Waals surface area contributed by atoms with Crippen LogP contribution in [-0.2, 0) is 11.8 Å². The molecule has 0 atom stereocenters. The smallest absolute Gasteiger partial charge is 0.164 e. The second-order valence-electron chi connectivity index (χ2n) is 11.3. The molecule has 0 amide bonds. The Hall–Kier alpha value is -4.89. The third-order valence-corrected chi connectivity index (χ3v) is 8.54. The molecule has 190 valence electrons. The molecule has 3 nitrogen and oxygen atoms in total. The van der Waals surface area contributed by atoms with E-state index in [-0.39, 0.29) is 5.41 Å². The molecular weight excluding hydrogens is 486 g/mol. The van der Waals surface area contributed by atoms with Gasteiger partial charge in [-0.2, -0.15) is 0 Å². The Labute approximate surface area is 234 Å². The Morgan fingerprint density at radius 1 is 0.450 bits per heavy atom. The van der Waals surface area contributed by atoms with Crippen molar-refractivity contribution in [1.29, 1.82) is 0 Å². The molecule has 8 rings (SSSR count). The maximum Gasteiger partial charge on any atom is 0.164 e. The van der Waals surface area contributed by atoms with Crippen molar-refractivity contribution in [1.82, 2.24) is 15.0 Å². The fourth-order valence-corrected chi connectivity index (χ4v) is 6.47. The topological polar surface area (TPSA) is 38.7 Å². The third-order valence-electron chi connectivity index (χ3n) is 8.54. The van der Waals surface area contributed by atoms with Crippen LogP contribution < -0.4 is 0 Å². The number of hydrogen-bond acceptors (Lipinski definition) is 3. The second-order valence-corrected chi connectivity index (χ2v) is 11.3. The first kappa shape index (κ1) is 23.0. The maximum atomic E-state index is 4.95. The summed E-state index contributed by atoms with van der Waals surface area (Å²) >= 11 is 0. The molecule has 3 heteroatoms. The Morgan fingerprint density at radius 3 is 1.70 bits per heavy atom. The highest BCUT2D eigenvalue weighted by molar-refractivity contribution is 5.88. The van der Waals surface area contributed by atoms with Crippen molar-refractivity contribution in [2.75, 3.05) is 0 Å². The van der Waals surface area contributed by atoms with Crippen LogP contribution in [0.25, 0.3) is 56.4 Å². The van der Waals surface area contributed by atoms with E-state index in [0.29, 0.717) is 17.5 Å². The van der Waals surface area contributed by atoms with Gasteiger partial charge in [0.05, 0.1) is 0 Å². The molecule has 0 saturated heterocycles. The Balaban J connectivity index is 1.24. The minimum atomic E-state index is -0.00376. The lowest BCUT2D eigenvalue weighted by atomic mass is 9.81. The standard InChI is InChI=1S/C37H27N3/c1-37(2)32-16-10-9-15-29(32)31-21-27-20-26-19-25(17-18-28(26)30(27)22-33(31)37)36-39-34(23-11-5-3-6-12-23)38-35(40-36)24-13-7-4-8-14-24/h3-19,21-22H,20H2,1-2H3. The van der Waals surface area contributed by atoms with Gasteiger partial charge in [-0.25, -0.2) is 15.0 Å². The lowest BCUT2D eigenvalue weighted by Crippen LogP contribution is -2.15. The van der Waals surface area contributed by atoms with Gasteiger partial charge in [0.25, 0.3) is 0 Å². The third kappa shape index (κ3) is 3.48. The summed E-state index contributed by atoms with van der Waals surface area (Å²) in [4.78, 5) is 14.7. The molecule has 0 N–H and O–H groups in total. The number of fused-ring (bicyclic) bond motifs is 6. The van der Waals surface area contributed by atoms with E-state index in [4.69, 9.17) is 15.0 Å². The summed E-state index contributed by atoms with van der Waals surface area (Å²) in [5.74, 6) is 2.07. The SMILES string of the molecule is CC1(C)c2ccccc2-c2cc3c(cc21)-c1ccc(-c2nc(-c4ccccc4)nc(-c4ccccc4)n2)cc1C3. The van der Waals surface area contributed by atoms with Gasteiger partial charge in [-0.15, -0.1) is 0 Å². The summed E-state index contributed by atoms with van der Waals surface area (Å²) in [6, 6.07) is 40.7. The van der Waals surface area contributed by atoms with Crippen LogP contribution in [0.1, 0.15) is 36.1 Å². The molecule has 0 radical (unpaired) electrons. The first-order valence-electron chi connectivity index (χ1n) is 13.8. The predicted molar refractivity (Wildman–Crippen MR) is 162 cm³/mol. The van der Waals surface area contributed by atoms with Crippen LogP contribution in [0.4, 0.5) is 0 Å². The molecule has 1 heterocycles. The van der Waals surface area contributed by atoms with E-state index in [1.54, 1.807) is 0 Å². The van der Waals surface area contributed by atoms with Crippen LogP contribution in [0.2, 0.25) is 0 Å². The Morgan fingerprint density at radius 2 is 1.02 bits per heavy atom. The van der Waals surface area contributed by atoms with E-state index in [2.05, 4.69) is 68.4 Å². The predicted octanol–water partition coefficient (Wildman–Crippen LogP) is 8.75. The Bertz CT molecular complexity index is 1880. The fraction of sp³-hybridized carbons (Fsp3) is 0.108. The lowest BCUT2D eigenvalue weighted by Gasteiger charge is -2.22. The van der Waals surface area contributed by atoms with E-state index in [1.807, 2.05) is 60.7 Å². The largest absolute Gasteiger partial charge is 0.208 e. The average Bonchev–Trinajstić information content (AvgIpc) is 3.48. The molecule has 0 fully saturated rings. The van der Waals surface area contributed by atoms with Crippen LogP contribution in [0, 0.1) is 0 Å². The first-order chi connectivity index (χ1) is 19.6. The molecule has 0 aliphatic heterocycles. The molecule has 0 saturated carbocycles. The Kier molecular flexibility index (Phi) is 4.93. The van der Waals surface area contributed by atoms with Crippen molar-refractivity contribution in [2.45, 2.75) is 25.7 Å². The van der Waals surface area contributed by atoms with Gasteiger partial charge in [-0.3, -0.25) is 0 Å². The van der Waals surface area contributed by atoms with Crippen LogP contribution in [0.3, 0.4) is 0 Å². The van der Waals surface area contributed by atoms with Crippen LogP contribution in [-0.4, -0.2) is 15.0 Å². The molecule has 0 unspecified atom stereocenters. The van der Waals surface area contributed by atoms with Gasteiger partial charge in [-0.1, -0.05) is 111 Å². The summed E-state index contributed by atoms with van der Waals surface area (Å²) in [7, 11) is 0. The van der Waals surface area contributed by atoms with Gasteiger partial charge < -0.3 is 0 Å². The van der Waals surface area contributed by atoms with Gasteiger partial charge in [0.1, 0.15) is 0 Å². The molecular formula is C37H27N3. The number of benzene rings is 5. The van der Waals surface area contributed by atoms with E-state index in [9.17, 15) is 0 Å². The van der Waals surface area contributed by atoms with E-state index < -0.39 is 0 Å². The van der Waals surface area contributed by atoms with Gasteiger partial charge in [0.2, 0.25) is 0 Å². The summed E-state index contributed by atoms with van der Waals surface area (Å²) in [5, 5.41) is 0. The summed E-state index contributed by atoms with van der Waals surface area (Å²) in [6.07, 6.45) is 0.913. The monoisotopic (exact) mass is 513 g/mol. The van der Waals surface area contributed by atoms with Gasteiger partial charge >= 0.3 is 0 Å². The van der Waals surface area contributed by atoms with E-state index >= 15 is 0 Å². The molecule has 1 aromatic heterocycles. The van der Waals surface area contributed by atoms with Gasteiger partial charge in [0, 0.05) is 22.1 Å². The van der Waals surface area contributed by atoms with E-state index in [1.165, 1.54) is 44.5 Å². The molecule has 2 aliphatic rings. The van der Waals surface area contributed by atoms with Gasteiger partial charge in [-0.05, 0) is 69.1 Å². The molecule has 2 aliphatic carbocycles. The minimum Gasteiger partial charge on any atom is -0.208 e. The van der Waals surface area contributed by atoms with Gasteiger partial charge in [0.15, 0.2) is 17.5 Å². The quantitative estimate of drug-likeness (QED) is 0.237. The number of hydrogen-bond donors (Lipinski definition) is 0. The van der Waals surface area contributed by atoms with Crippen LogP contribution in [0.15, 0.2) is 115 Å². The van der Waals surface area contributed by atoms with Crippen molar-refractivity contribution in [2.24, 2.45) is 0 Å². The van der Waals surface area contributed by atoms with Crippen molar-refractivity contribution in [3.05, 3.63) is 138 Å². The summed E-state index contributed by atoms with van der Waals surface area (Å²) in [6.45, 7) is 4.69. The van der Waals surface area contributed by atoms with E-state index in [0.717, 1.165) is 23.1 Å². The normalized spacial score (nSPS) is 13.8. The maximum absolute atomic E-state index is 4.95. The molecule has 5 aromatic carbocycles. The summed E-state index contributed by atoms with van der Waals surface area (Å²) < 4.78 is 0. The fourth-order valence-electron chi connectivity index (χ4n) is 6.47. The van der Waals surface area contributed by atoms with Crippen LogP contribution in [0.5, 0.6) is 0 Å². The average molecular weight is 514 g/mol. The zero-order valence-corrected chi connectivity index (χ0v) is 22.5. The van der Waals surface area contributed by atoms with Crippen molar-refractivity contribution < 1.29 is 0 Å². The highest BCUT2D eigenvalue weighted by Gasteiger charge is 2.37. The minimum absolute atomic E-state index is 0.00376. The zero-order chi connectivity index (χ0) is 26.8. The number of aromatic nitrogens is 3. The zero-order valence-electron chi connectivity index (χ0n) is 22.5. The van der Waals surface area contributed by atoms with Crippen molar-refractivity contribution in [3.8, 4) is 56.4 Å². The summed E-state index contributed by atoms with van der Waals surface area (Å²) in [5.41, 5.74) is 13.9. The first-order valence-corrected chi connectivity index (χ1v) is 13.8. The van der Waals surface area contributed by atoms with Crippen molar-refractivity contribution >= 4 is 0 Å². The van der Waals surface area contributed by atoms with Crippen molar-refractivity contribution in [3.63, 3.8) is 0 Å². The number of nitrogens with zero attached hydrogens (tertiary/aromatic N) is 3. The molecule has 0 bridgehead atoms. The highest BCUT2D eigenvalue weighted by atomic mass is 15.0. The lowest BCUT2D eigenvalue weighted by molar-refractivity contribution is 0.660. The molecule has 40 heavy (non-hydrogen) atoms.